The second kappa shape index (κ2) is 11.6. The molecule has 2 atom stereocenters. The minimum Gasteiger partial charge on any atom is -0.478 e. The molecule has 12 heteroatoms. The van der Waals surface area contributed by atoms with Gasteiger partial charge in [-0.25, -0.2) is 13.6 Å². The second-order valence-corrected chi connectivity index (χ2v) is 7.66. The van der Waals surface area contributed by atoms with Crippen molar-refractivity contribution in [2.24, 2.45) is 11.0 Å². The summed E-state index contributed by atoms with van der Waals surface area (Å²) in [5.74, 6) is -3.33. The van der Waals surface area contributed by atoms with E-state index in [0.717, 1.165) is 23.2 Å². The highest BCUT2D eigenvalue weighted by Crippen LogP contribution is 2.31. The Hall–Kier alpha value is -3.70. The Bertz CT molecular complexity index is 1060. The molecule has 35 heavy (non-hydrogen) atoms. The van der Waals surface area contributed by atoms with Gasteiger partial charge in [0.2, 0.25) is 5.91 Å². The second-order valence-electron chi connectivity index (χ2n) is 7.66. The summed E-state index contributed by atoms with van der Waals surface area (Å²) in [5.41, 5.74) is -1.06. The van der Waals surface area contributed by atoms with Crippen LogP contribution in [-0.2, 0) is 11.0 Å². The van der Waals surface area contributed by atoms with Crippen molar-refractivity contribution in [1.29, 1.82) is 0 Å². The molecule has 0 aliphatic rings. The monoisotopic (exact) mass is 501 g/mol. The van der Waals surface area contributed by atoms with Crippen LogP contribution in [-0.4, -0.2) is 47.9 Å². The number of alkyl halides is 5. The predicted molar refractivity (Wildman–Crippen MR) is 117 cm³/mol. The minimum atomic E-state index is -4.56. The van der Waals surface area contributed by atoms with E-state index in [1.54, 1.807) is 6.92 Å². The fraction of sp³-hybridized carbons (Fsp3) is 0.348. The molecule has 0 aliphatic carbocycles. The van der Waals surface area contributed by atoms with Gasteiger partial charge in [-0.1, -0.05) is 18.2 Å². The van der Waals surface area contributed by atoms with Crippen molar-refractivity contribution in [2.75, 3.05) is 13.8 Å². The van der Waals surface area contributed by atoms with Gasteiger partial charge < -0.3 is 15.2 Å². The molecule has 1 amide bonds. The zero-order chi connectivity index (χ0) is 26.3. The van der Waals surface area contributed by atoms with Crippen molar-refractivity contribution in [3.8, 4) is 5.75 Å². The number of amides is 1. The first kappa shape index (κ1) is 27.5. The van der Waals surface area contributed by atoms with Crippen LogP contribution in [0.3, 0.4) is 0 Å². The number of carboxylic acid groups (broad SMARTS) is 1. The summed E-state index contributed by atoms with van der Waals surface area (Å²) in [7, 11) is 1.27. The summed E-state index contributed by atoms with van der Waals surface area (Å²) >= 11 is 0. The first-order chi connectivity index (χ1) is 16.3. The Balaban J connectivity index is 2.04. The molecule has 2 unspecified atom stereocenters. The number of aromatic carboxylic acids is 1. The minimum absolute atomic E-state index is 0.0585. The average molecular weight is 501 g/mol. The molecule has 0 aromatic heterocycles. The molecule has 2 aromatic carbocycles. The van der Waals surface area contributed by atoms with Gasteiger partial charge >= 0.3 is 12.1 Å². The van der Waals surface area contributed by atoms with Gasteiger partial charge in [-0.2, -0.15) is 18.3 Å². The largest absolute Gasteiger partial charge is 0.478 e. The molecule has 0 bridgehead atoms. The Morgan fingerprint density at radius 1 is 1.11 bits per heavy atom. The van der Waals surface area contributed by atoms with Crippen molar-refractivity contribution in [3.05, 3.63) is 65.2 Å². The molecule has 2 aromatic rings. The number of benzene rings is 2. The first-order valence-corrected chi connectivity index (χ1v) is 10.3. The third-order valence-electron chi connectivity index (χ3n) is 4.94. The third-order valence-corrected chi connectivity index (χ3v) is 4.94. The highest BCUT2D eigenvalue weighted by atomic mass is 19.4. The fourth-order valence-electron chi connectivity index (χ4n) is 2.95. The van der Waals surface area contributed by atoms with E-state index < -0.39 is 54.4 Å². The number of hydrogen-bond acceptors (Lipinski definition) is 5. The molecule has 0 saturated carbocycles. The molecular weight excluding hydrogens is 477 g/mol. The summed E-state index contributed by atoms with van der Waals surface area (Å²) < 4.78 is 70.9. The third kappa shape index (κ3) is 7.94. The number of carbonyl (C=O) groups is 2. The SMILES string of the molecule is CC(C(=O)NC(C)c1ccc(C(=O)O)cc1)/C(=N\N(C)COc1cccc(C(F)(F)F)c1)C(F)F. The van der Waals surface area contributed by atoms with Crippen LogP contribution in [0.1, 0.15) is 41.4 Å². The lowest BCUT2D eigenvalue weighted by Crippen LogP contribution is -2.38. The molecule has 190 valence electrons. The number of carbonyl (C=O) groups excluding carboxylic acids is 1. The predicted octanol–water partition coefficient (Wildman–Crippen LogP) is 4.81. The highest BCUT2D eigenvalue weighted by molar-refractivity contribution is 6.05. The van der Waals surface area contributed by atoms with E-state index in [1.807, 2.05) is 0 Å². The van der Waals surface area contributed by atoms with E-state index in [2.05, 4.69) is 10.4 Å². The Kier molecular flexibility index (Phi) is 9.15. The number of hydrazone groups is 1. The zero-order valence-electron chi connectivity index (χ0n) is 19.0. The van der Waals surface area contributed by atoms with Crippen LogP contribution in [0.4, 0.5) is 22.0 Å². The van der Waals surface area contributed by atoms with Crippen LogP contribution in [0, 0.1) is 5.92 Å². The quantitative estimate of drug-likeness (QED) is 0.211. The maximum absolute atomic E-state index is 13.6. The van der Waals surface area contributed by atoms with E-state index in [0.29, 0.717) is 5.56 Å². The van der Waals surface area contributed by atoms with Crippen LogP contribution in [0.5, 0.6) is 5.75 Å². The highest BCUT2D eigenvalue weighted by Gasteiger charge is 2.31. The summed E-state index contributed by atoms with van der Waals surface area (Å²) in [6.45, 7) is 2.40. The fourth-order valence-corrected chi connectivity index (χ4v) is 2.95. The topological polar surface area (TPSA) is 91.2 Å². The Morgan fingerprint density at radius 3 is 2.29 bits per heavy atom. The molecule has 2 rings (SSSR count). The molecule has 0 saturated heterocycles. The Labute approximate surface area is 198 Å². The van der Waals surface area contributed by atoms with Gasteiger partial charge in [0.1, 0.15) is 11.5 Å². The molecule has 0 spiro atoms. The average Bonchev–Trinajstić information content (AvgIpc) is 2.80. The van der Waals surface area contributed by atoms with Gasteiger partial charge in [0.05, 0.1) is 23.1 Å². The van der Waals surface area contributed by atoms with Crippen LogP contribution in [0.2, 0.25) is 0 Å². The number of rotatable bonds is 10. The lowest BCUT2D eigenvalue weighted by Gasteiger charge is -2.21. The summed E-state index contributed by atoms with van der Waals surface area (Å²) in [6, 6.07) is 9.17. The summed E-state index contributed by atoms with van der Waals surface area (Å²) in [5, 5.41) is 16.2. The van der Waals surface area contributed by atoms with Gasteiger partial charge in [-0.05, 0) is 49.7 Å². The van der Waals surface area contributed by atoms with Gasteiger partial charge in [-0.15, -0.1) is 0 Å². The zero-order valence-corrected chi connectivity index (χ0v) is 19.0. The maximum atomic E-state index is 13.6. The first-order valence-electron chi connectivity index (χ1n) is 10.3. The van der Waals surface area contributed by atoms with E-state index in [1.165, 1.54) is 44.3 Å². The van der Waals surface area contributed by atoms with Gasteiger partial charge in [0.25, 0.3) is 6.43 Å². The van der Waals surface area contributed by atoms with Crippen molar-refractivity contribution >= 4 is 17.6 Å². The Morgan fingerprint density at radius 2 is 1.74 bits per heavy atom. The van der Waals surface area contributed by atoms with Gasteiger partial charge in [0.15, 0.2) is 6.73 Å². The number of ether oxygens (including phenoxy) is 1. The summed E-state index contributed by atoms with van der Waals surface area (Å²) in [6.07, 6.45) is -7.65. The van der Waals surface area contributed by atoms with Crippen LogP contribution >= 0.6 is 0 Å². The maximum Gasteiger partial charge on any atom is 0.416 e. The normalized spacial score (nSPS) is 13.8. The van der Waals surface area contributed by atoms with E-state index in [4.69, 9.17) is 9.84 Å². The van der Waals surface area contributed by atoms with E-state index in [9.17, 15) is 31.5 Å². The number of nitrogens with zero attached hydrogens (tertiary/aromatic N) is 2. The molecule has 0 radical (unpaired) electrons. The van der Waals surface area contributed by atoms with Crippen molar-refractivity contribution < 1.29 is 41.4 Å². The smallest absolute Gasteiger partial charge is 0.416 e. The number of halogens is 5. The van der Waals surface area contributed by atoms with Crippen LogP contribution in [0.15, 0.2) is 53.6 Å². The molecule has 0 heterocycles. The summed E-state index contributed by atoms with van der Waals surface area (Å²) in [4.78, 5) is 23.5. The van der Waals surface area contributed by atoms with Crippen LogP contribution < -0.4 is 10.1 Å². The standard InChI is InChI=1S/C23H24F5N3O4/c1-13(21(32)29-14(2)15-7-9-16(10-8-15)22(33)34)19(20(24)25)30-31(3)12-35-18-6-4-5-17(11-18)23(26,27)28/h4-11,13-14,20H,12H2,1-3H3,(H,29,32)(H,33,34)/b30-19+. The molecule has 7 nitrogen and oxygen atoms in total. The van der Waals surface area contributed by atoms with Crippen molar-refractivity contribution in [2.45, 2.75) is 32.5 Å². The molecule has 2 N–H and O–H groups in total. The molecular formula is C23H24F5N3O4. The number of carboxylic acids is 1. The van der Waals surface area contributed by atoms with E-state index in [-0.39, 0.29) is 11.3 Å². The van der Waals surface area contributed by atoms with Crippen molar-refractivity contribution in [1.82, 2.24) is 10.3 Å². The van der Waals surface area contributed by atoms with Crippen LogP contribution in [0.25, 0.3) is 0 Å². The van der Waals surface area contributed by atoms with Gasteiger partial charge in [0, 0.05) is 7.05 Å². The van der Waals surface area contributed by atoms with Crippen molar-refractivity contribution in [3.63, 3.8) is 0 Å². The van der Waals surface area contributed by atoms with E-state index >= 15 is 0 Å². The molecule has 0 aliphatic heterocycles. The lowest BCUT2D eigenvalue weighted by molar-refractivity contribution is -0.137. The molecule has 0 fully saturated rings. The number of nitrogens with one attached hydrogen (secondary N) is 1. The van der Waals surface area contributed by atoms with Gasteiger partial charge in [-0.3, -0.25) is 9.80 Å². The number of hydrogen-bond donors (Lipinski definition) is 2. The lowest BCUT2D eigenvalue weighted by atomic mass is 10.0.